The zero-order valence-electron chi connectivity index (χ0n) is 15.3. The number of amides is 1. The second-order valence-corrected chi connectivity index (χ2v) is 7.69. The van der Waals surface area contributed by atoms with Crippen molar-refractivity contribution in [3.63, 3.8) is 0 Å². The van der Waals surface area contributed by atoms with E-state index in [1.54, 1.807) is 4.90 Å². The number of carboxylic acid groups (broad SMARTS) is 1. The molecule has 2 aromatic rings. The van der Waals surface area contributed by atoms with Crippen molar-refractivity contribution < 1.29 is 23.5 Å². The minimum atomic E-state index is -0.982. The van der Waals surface area contributed by atoms with Crippen molar-refractivity contribution in [3.8, 4) is 0 Å². The van der Waals surface area contributed by atoms with Gasteiger partial charge < -0.3 is 10.0 Å². The van der Waals surface area contributed by atoms with E-state index in [0.717, 1.165) is 11.6 Å². The zero-order valence-corrected chi connectivity index (χ0v) is 15.3. The third-order valence-electron chi connectivity index (χ3n) is 6.13. The maximum absolute atomic E-state index is 14.0. The van der Waals surface area contributed by atoms with Gasteiger partial charge in [-0.2, -0.15) is 0 Å². The van der Waals surface area contributed by atoms with Gasteiger partial charge in [0.15, 0.2) is 0 Å². The number of aliphatic carboxylic acids is 1. The standard InChI is InChI=1S/C22H21F2NO3/c23-15-6-7-16(19(24)12-15)17-13-18(17)20(26)25-10-8-22(9-11-25,21(27)28)14-4-2-1-3-5-14/h1-7,12,17-18H,8-11,13H2,(H,27,28)/t17-,18-/m1/s1. The van der Waals surface area contributed by atoms with Crippen LogP contribution in [0, 0.1) is 17.6 Å². The van der Waals surface area contributed by atoms with Gasteiger partial charge in [-0.25, -0.2) is 8.78 Å². The van der Waals surface area contributed by atoms with Crippen molar-refractivity contribution in [1.29, 1.82) is 0 Å². The van der Waals surface area contributed by atoms with Gasteiger partial charge >= 0.3 is 5.97 Å². The molecule has 4 rings (SSSR count). The smallest absolute Gasteiger partial charge is 0.314 e. The molecule has 1 saturated heterocycles. The first-order valence-electron chi connectivity index (χ1n) is 9.45. The average Bonchev–Trinajstić information content (AvgIpc) is 3.48. The van der Waals surface area contributed by atoms with Crippen LogP contribution in [0.4, 0.5) is 8.78 Å². The van der Waals surface area contributed by atoms with Gasteiger partial charge in [0.2, 0.25) is 5.91 Å². The maximum atomic E-state index is 14.0. The molecule has 1 N–H and O–H groups in total. The Kier molecular flexibility index (Phi) is 4.65. The van der Waals surface area contributed by atoms with E-state index >= 15 is 0 Å². The number of rotatable bonds is 4. The number of carboxylic acids is 1. The molecule has 2 aliphatic rings. The van der Waals surface area contributed by atoms with Crippen LogP contribution in [-0.2, 0) is 15.0 Å². The lowest BCUT2D eigenvalue weighted by molar-refractivity contribution is -0.148. The van der Waals surface area contributed by atoms with E-state index in [1.165, 1.54) is 12.1 Å². The molecule has 0 radical (unpaired) electrons. The molecule has 1 heterocycles. The number of piperidine rings is 1. The Morgan fingerprint density at radius 3 is 2.32 bits per heavy atom. The van der Waals surface area contributed by atoms with Crippen LogP contribution in [-0.4, -0.2) is 35.0 Å². The van der Waals surface area contributed by atoms with Gasteiger partial charge in [-0.1, -0.05) is 36.4 Å². The fraction of sp³-hybridized carbons (Fsp3) is 0.364. The molecular formula is C22H21F2NO3. The molecule has 2 aromatic carbocycles. The van der Waals surface area contributed by atoms with Crippen molar-refractivity contribution >= 4 is 11.9 Å². The molecule has 1 aliphatic carbocycles. The molecule has 4 nitrogen and oxygen atoms in total. The fourth-order valence-corrected chi connectivity index (χ4v) is 4.34. The first-order valence-corrected chi connectivity index (χ1v) is 9.45. The molecule has 1 aliphatic heterocycles. The van der Waals surface area contributed by atoms with Crippen LogP contribution >= 0.6 is 0 Å². The van der Waals surface area contributed by atoms with E-state index in [2.05, 4.69) is 0 Å². The molecule has 0 spiro atoms. The lowest BCUT2D eigenvalue weighted by Gasteiger charge is -2.39. The number of halogens is 2. The topological polar surface area (TPSA) is 57.6 Å². The monoisotopic (exact) mass is 385 g/mol. The lowest BCUT2D eigenvalue weighted by Crippen LogP contribution is -2.49. The molecule has 2 fully saturated rings. The van der Waals surface area contributed by atoms with Gasteiger partial charge in [-0.05, 0) is 42.4 Å². The highest BCUT2D eigenvalue weighted by Gasteiger charge is 2.49. The Labute approximate surface area is 161 Å². The maximum Gasteiger partial charge on any atom is 0.314 e. The van der Waals surface area contributed by atoms with Gasteiger partial charge in [-0.15, -0.1) is 0 Å². The molecule has 0 bridgehead atoms. The Balaban J connectivity index is 1.44. The second-order valence-electron chi connectivity index (χ2n) is 7.69. The molecule has 2 atom stereocenters. The molecule has 28 heavy (non-hydrogen) atoms. The number of nitrogens with zero attached hydrogens (tertiary/aromatic N) is 1. The van der Waals surface area contributed by atoms with Crippen LogP contribution in [0.3, 0.4) is 0 Å². The highest BCUT2D eigenvalue weighted by atomic mass is 19.1. The SMILES string of the molecule is O=C([C@@H]1C[C@@H]1c1ccc(F)cc1F)N1CCC(C(=O)O)(c2ccccc2)CC1. The Morgan fingerprint density at radius 2 is 1.71 bits per heavy atom. The Morgan fingerprint density at radius 1 is 1.04 bits per heavy atom. The van der Waals surface area contributed by atoms with Crippen molar-refractivity contribution in [2.45, 2.75) is 30.6 Å². The molecule has 1 saturated carbocycles. The largest absolute Gasteiger partial charge is 0.481 e. The van der Waals surface area contributed by atoms with Gasteiger partial charge in [-0.3, -0.25) is 9.59 Å². The molecule has 1 amide bonds. The fourth-order valence-electron chi connectivity index (χ4n) is 4.34. The zero-order chi connectivity index (χ0) is 19.9. The van der Waals surface area contributed by atoms with Crippen LogP contribution in [0.1, 0.15) is 36.3 Å². The van der Waals surface area contributed by atoms with E-state index in [-0.39, 0.29) is 17.7 Å². The Bertz CT molecular complexity index is 907. The van der Waals surface area contributed by atoms with Crippen LogP contribution in [0.5, 0.6) is 0 Å². The number of hydrogen-bond acceptors (Lipinski definition) is 2. The number of hydrogen-bond donors (Lipinski definition) is 1. The highest BCUT2D eigenvalue weighted by Crippen LogP contribution is 2.50. The summed E-state index contributed by atoms with van der Waals surface area (Å²) in [5.74, 6) is -2.73. The van der Waals surface area contributed by atoms with Crippen LogP contribution in [0.2, 0.25) is 0 Å². The number of carbonyl (C=O) groups excluding carboxylic acids is 1. The van der Waals surface area contributed by atoms with Gasteiger partial charge in [0, 0.05) is 25.1 Å². The number of benzene rings is 2. The third kappa shape index (κ3) is 3.17. The summed E-state index contributed by atoms with van der Waals surface area (Å²) in [5, 5.41) is 9.86. The molecular weight excluding hydrogens is 364 g/mol. The van der Waals surface area contributed by atoms with Crippen molar-refractivity contribution in [2.75, 3.05) is 13.1 Å². The van der Waals surface area contributed by atoms with Crippen LogP contribution < -0.4 is 0 Å². The summed E-state index contributed by atoms with van der Waals surface area (Å²) in [7, 11) is 0. The van der Waals surface area contributed by atoms with Gasteiger partial charge in [0.25, 0.3) is 0 Å². The average molecular weight is 385 g/mol. The summed E-state index contributed by atoms with van der Waals surface area (Å²) in [6.45, 7) is 0.713. The van der Waals surface area contributed by atoms with E-state index < -0.39 is 23.0 Å². The number of likely N-dealkylation sites (tertiary alicyclic amines) is 1. The normalized spacial score (nSPS) is 23.3. The summed E-state index contributed by atoms with van der Waals surface area (Å²) < 4.78 is 27.1. The van der Waals surface area contributed by atoms with Crippen molar-refractivity contribution in [2.24, 2.45) is 5.92 Å². The van der Waals surface area contributed by atoms with Gasteiger partial charge in [0.1, 0.15) is 11.6 Å². The summed E-state index contributed by atoms with van der Waals surface area (Å²) in [6.07, 6.45) is 1.24. The van der Waals surface area contributed by atoms with Crippen LogP contribution in [0.25, 0.3) is 0 Å². The van der Waals surface area contributed by atoms with Crippen LogP contribution in [0.15, 0.2) is 48.5 Å². The quantitative estimate of drug-likeness (QED) is 0.873. The summed E-state index contributed by atoms with van der Waals surface area (Å²) in [4.78, 5) is 26.5. The lowest BCUT2D eigenvalue weighted by atomic mass is 9.73. The predicted molar refractivity (Wildman–Crippen MR) is 98.8 cm³/mol. The Hall–Kier alpha value is -2.76. The summed E-state index contributed by atoms with van der Waals surface area (Å²) in [6, 6.07) is 12.6. The van der Waals surface area contributed by atoms with E-state index in [9.17, 15) is 23.5 Å². The first-order chi connectivity index (χ1) is 13.4. The van der Waals surface area contributed by atoms with E-state index in [4.69, 9.17) is 0 Å². The first kappa shape index (κ1) is 18.6. The number of carbonyl (C=O) groups is 2. The minimum Gasteiger partial charge on any atom is -0.481 e. The minimum absolute atomic E-state index is 0.0687. The van der Waals surface area contributed by atoms with Crippen molar-refractivity contribution in [3.05, 3.63) is 71.3 Å². The summed E-state index contributed by atoms with van der Waals surface area (Å²) >= 11 is 0. The van der Waals surface area contributed by atoms with Crippen molar-refractivity contribution in [1.82, 2.24) is 4.90 Å². The summed E-state index contributed by atoms with van der Waals surface area (Å²) in [5.41, 5.74) is 0.151. The highest BCUT2D eigenvalue weighted by molar-refractivity contribution is 5.85. The second kappa shape index (κ2) is 7.00. The third-order valence-corrected chi connectivity index (χ3v) is 6.13. The molecule has 6 heteroatoms. The molecule has 0 aromatic heterocycles. The predicted octanol–water partition coefficient (Wildman–Crippen LogP) is 3.71. The molecule has 0 unspecified atom stereocenters. The van der Waals surface area contributed by atoms with E-state index in [0.29, 0.717) is 37.9 Å². The van der Waals surface area contributed by atoms with Gasteiger partial charge in [0.05, 0.1) is 5.41 Å². The molecule has 146 valence electrons. The van der Waals surface area contributed by atoms with E-state index in [1.807, 2.05) is 30.3 Å².